The van der Waals surface area contributed by atoms with E-state index in [1.54, 1.807) is 6.07 Å². The molecule has 3 rings (SSSR count). The average Bonchev–Trinajstić information content (AvgIpc) is 3.07. The fourth-order valence-corrected chi connectivity index (χ4v) is 2.89. The maximum atomic E-state index is 12.0. The normalized spacial score (nSPS) is 10.7. The van der Waals surface area contributed by atoms with E-state index in [0.717, 1.165) is 32.9 Å². The number of ether oxygens (including phenoxy) is 1. The SMILES string of the molecule is Cc1cccc(OC(=O)CSc2nnc(-c3ccc(Br)cc3)o2)c1C. The van der Waals surface area contributed by atoms with E-state index in [1.165, 1.54) is 0 Å². The van der Waals surface area contributed by atoms with Crippen LogP contribution in [0.3, 0.4) is 0 Å². The van der Waals surface area contributed by atoms with Gasteiger partial charge in [0, 0.05) is 10.0 Å². The molecule has 128 valence electrons. The molecule has 0 N–H and O–H groups in total. The Hall–Kier alpha value is -2.12. The van der Waals surface area contributed by atoms with Gasteiger partial charge in [-0.25, -0.2) is 0 Å². The van der Waals surface area contributed by atoms with Crippen molar-refractivity contribution in [3.8, 4) is 17.2 Å². The lowest BCUT2D eigenvalue weighted by Gasteiger charge is -2.08. The summed E-state index contributed by atoms with van der Waals surface area (Å²) in [5.74, 6) is 0.724. The second-order valence-corrected chi connectivity index (χ2v) is 7.18. The maximum Gasteiger partial charge on any atom is 0.321 e. The molecule has 0 fully saturated rings. The molecule has 5 nitrogen and oxygen atoms in total. The van der Waals surface area contributed by atoms with Gasteiger partial charge in [0.2, 0.25) is 5.89 Å². The molecule has 1 aromatic heterocycles. The fraction of sp³-hybridized carbons (Fsp3) is 0.167. The highest BCUT2D eigenvalue weighted by Gasteiger charge is 2.13. The van der Waals surface area contributed by atoms with Crippen LogP contribution in [0.4, 0.5) is 0 Å². The van der Waals surface area contributed by atoms with Gasteiger partial charge in [-0.05, 0) is 55.3 Å². The van der Waals surface area contributed by atoms with Crippen LogP contribution in [0, 0.1) is 13.8 Å². The maximum absolute atomic E-state index is 12.0. The van der Waals surface area contributed by atoms with Crippen molar-refractivity contribution < 1.29 is 13.9 Å². The van der Waals surface area contributed by atoms with Crippen LogP contribution in [-0.4, -0.2) is 21.9 Å². The van der Waals surface area contributed by atoms with Crippen LogP contribution in [0.1, 0.15) is 11.1 Å². The Morgan fingerprint density at radius 1 is 1.16 bits per heavy atom. The molecule has 25 heavy (non-hydrogen) atoms. The van der Waals surface area contributed by atoms with E-state index in [4.69, 9.17) is 9.15 Å². The number of rotatable bonds is 5. The van der Waals surface area contributed by atoms with Crippen LogP contribution < -0.4 is 4.74 Å². The molecule has 0 bridgehead atoms. The number of esters is 1. The summed E-state index contributed by atoms with van der Waals surface area (Å²) in [4.78, 5) is 12.0. The number of thioether (sulfide) groups is 1. The molecule has 0 unspecified atom stereocenters. The minimum atomic E-state index is -0.359. The molecule has 0 aliphatic carbocycles. The van der Waals surface area contributed by atoms with Gasteiger partial charge in [-0.2, -0.15) is 0 Å². The summed E-state index contributed by atoms with van der Waals surface area (Å²) in [6.07, 6.45) is 0. The molecule has 0 aliphatic heterocycles. The first-order chi connectivity index (χ1) is 12.0. The summed E-state index contributed by atoms with van der Waals surface area (Å²) in [5.41, 5.74) is 2.85. The van der Waals surface area contributed by atoms with Crippen molar-refractivity contribution in [3.05, 3.63) is 58.1 Å². The molecule has 0 aliphatic rings. The Balaban J connectivity index is 1.59. The first-order valence-corrected chi connectivity index (χ1v) is 9.30. The summed E-state index contributed by atoms with van der Waals surface area (Å²) in [6, 6.07) is 13.2. The molecular weight excluding hydrogens is 404 g/mol. The Morgan fingerprint density at radius 3 is 2.68 bits per heavy atom. The van der Waals surface area contributed by atoms with E-state index >= 15 is 0 Å². The number of hydrogen-bond acceptors (Lipinski definition) is 6. The quantitative estimate of drug-likeness (QED) is 0.336. The summed E-state index contributed by atoms with van der Waals surface area (Å²) in [6.45, 7) is 3.90. The molecule has 0 saturated carbocycles. The molecule has 0 amide bonds. The number of carbonyl (C=O) groups excluding carboxylic acids is 1. The molecule has 3 aromatic rings. The van der Waals surface area contributed by atoms with Crippen molar-refractivity contribution in [2.45, 2.75) is 19.1 Å². The average molecular weight is 419 g/mol. The van der Waals surface area contributed by atoms with Gasteiger partial charge >= 0.3 is 5.97 Å². The minimum absolute atomic E-state index is 0.0926. The van der Waals surface area contributed by atoms with Gasteiger partial charge < -0.3 is 9.15 Å². The second kappa shape index (κ2) is 7.84. The highest BCUT2D eigenvalue weighted by molar-refractivity contribution is 9.10. The van der Waals surface area contributed by atoms with Gasteiger partial charge in [-0.3, -0.25) is 4.79 Å². The summed E-state index contributed by atoms with van der Waals surface area (Å²) >= 11 is 4.53. The second-order valence-electron chi connectivity index (χ2n) is 5.34. The van der Waals surface area contributed by atoms with Crippen molar-refractivity contribution in [1.29, 1.82) is 0 Å². The van der Waals surface area contributed by atoms with Gasteiger partial charge in [0.1, 0.15) is 11.5 Å². The summed E-state index contributed by atoms with van der Waals surface area (Å²) in [5, 5.41) is 8.28. The van der Waals surface area contributed by atoms with Crippen molar-refractivity contribution in [3.63, 3.8) is 0 Å². The van der Waals surface area contributed by atoms with Crippen LogP contribution in [0.2, 0.25) is 0 Å². The topological polar surface area (TPSA) is 65.2 Å². The number of aryl methyl sites for hydroxylation is 1. The number of nitrogens with zero attached hydrogens (tertiary/aromatic N) is 2. The van der Waals surface area contributed by atoms with E-state index < -0.39 is 0 Å². The third-order valence-corrected chi connectivity index (χ3v) is 4.91. The molecule has 0 radical (unpaired) electrons. The zero-order chi connectivity index (χ0) is 17.8. The Labute approximate surface area is 157 Å². The molecule has 0 spiro atoms. The number of halogens is 1. The van der Waals surface area contributed by atoms with Crippen molar-refractivity contribution in [1.82, 2.24) is 10.2 Å². The monoisotopic (exact) mass is 418 g/mol. The van der Waals surface area contributed by atoms with Gasteiger partial charge in [0.25, 0.3) is 5.22 Å². The number of benzene rings is 2. The van der Waals surface area contributed by atoms with Crippen LogP contribution in [0.5, 0.6) is 5.75 Å². The Morgan fingerprint density at radius 2 is 1.92 bits per heavy atom. The van der Waals surface area contributed by atoms with Crippen LogP contribution >= 0.6 is 27.7 Å². The van der Waals surface area contributed by atoms with Crippen LogP contribution in [0.15, 0.2) is 56.6 Å². The van der Waals surface area contributed by atoms with Crippen LogP contribution in [0.25, 0.3) is 11.5 Å². The molecule has 0 atom stereocenters. The molecule has 7 heteroatoms. The lowest BCUT2D eigenvalue weighted by molar-refractivity contribution is -0.131. The predicted octanol–water partition coefficient (Wildman–Crippen LogP) is 4.81. The summed E-state index contributed by atoms with van der Waals surface area (Å²) < 4.78 is 11.9. The van der Waals surface area contributed by atoms with E-state index in [2.05, 4.69) is 26.1 Å². The number of aromatic nitrogens is 2. The predicted molar refractivity (Wildman–Crippen MR) is 99.7 cm³/mol. The number of hydrogen-bond donors (Lipinski definition) is 0. The smallest absolute Gasteiger partial charge is 0.321 e. The van der Waals surface area contributed by atoms with Crippen molar-refractivity contribution in [2.24, 2.45) is 0 Å². The third-order valence-electron chi connectivity index (χ3n) is 3.59. The first kappa shape index (κ1) is 17.7. The van der Waals surface area contributed by atoms with Gasteiger partial charge in [0.05, 0.1) is 0 Å². The van der Waals surface area contributed by atoms with Crippen LogP contribution in [-0.2, 0) is 4.79 Å². The molecular formula is C18H15BrN2O3S. The minimum Gasteiger partial charge on any atom is -0.426 e. The van der Waals surface area contributed by atoms with E-state index in [9.17, 15) is 4.79 Å². The zero-order valence-corrected chi connectivity index (χ0v) is 16.1. The molecule has 1 heterocycles. The van der Waals surface area contributed by atoms with Crippen molar-refractivity contribution in [2.75, 3.05) is 5.75 Å². The van der Waals surface area contributed by atoms with Gasteiger partial charge in [-0.15, -0.1) is 10.2 Å². The zero-order valence-electron chi connectivity index (χ0n) is 13.7. The van der Waals surface area contributed by atoms with Gasteiger partial charge in [0.15, 0.2) is 0 Å². The Bertz CT molecular complexity index is 894. The lowest BCUT2D eigenvalue weighted by atomic mass is 10.1. The summed E-state index contributed by atoms with van der Waals surface area (Å²) in [7, 11) is 0. The largest absolute Gasteiger partial charge is 0.426 e. The molecule has 2 aromatic carbocycles. The van der Waals surface area contributed by atoms with Gasteiger partial charge in [-0.1, -0.05) is 39.8 Å². The molecule has 0 saturated heterocycles. The van der Waals surface area contributed by atoms with E-state index in [1.807, 2.05) is 50.2 Å². The fourth-order valence-electron chi connectivity index (χ4n) is 2.08. The lowest BCUT2D eigenvalue weighted by Crippen LogP contribution is -2.11. The highest BCUT2D eigenvalue weighted by Crippen LogP contribution is 2.25. The Kier molecular flexibility index (Phi) is 5.55. The van der Waals surface area contributed by atoms with E-state index in [-0.39, 0.29) is 11.7 Å². The first-order valence-electron chi connectivity index (χ1n) is 7.52. The highest BCUT2D eigenvalue weighted by atomic mass is 79.9. The van der Waals surface area contributed by atoms with Crippen molar-refractivity contribution >= 4 is 33.7 Å². The third kappa shape index (κ3) is 4.49. The van der Waals surface area contributed by atoms with E-state index in [0.29, 0.717) is 16.9 Å². The standard InChI is InChI=1S/C18H15BrN2O3S/c1-11-4-3-5-15(12(11)2)23-16(22)10-25-18-21-20-17(24-18)13-6-8-14(19)9-7-13/h3-9H,10H2,1-2H3. The number of carbonyl (C=O) groups is 1.